The zero-order valence-electron chi connectivity index (χ0n) is 18.3. The molecule has 152 valence electrons. The molecule has 0 aliphatic rings. The summed E-state index contributed by atoms with van der Waals surface area (Å²) in [6.45, 7) is 13.2. The zero-order chi connectivity index (χ0) is 21.2. The summed E-state index contributed by atoms with van der Waals surface area (Å²) in [6, 6.07) is 12.9. The number of thiazole rings is 1. The van der Waals surface area contributed by atoms with Crippen LogP contribution in [0.5, 0.6) is 0 Å². The maximum absolute atomic E-state index is 6.51. The summed E-state index contributed by atoms with van der Waals surface area (Å²) in [5.74, 6) is 0.451. The molecule has 0 radical (unpaired) electrons. The van der Waals surface area contributed by atoms with E-state index < -0.39 is 0 Å². The fourth-order valence-electron chi connectivity index (χ4n) is 4.08. The smallest absolute Gasteiger partial charge is 0.162 e. The van der Waals surface area contributed by atoms with E-state index in [9.17, 15) is 0 Å². The summed E-state index contributed by atoms with van der Waals surface area (Å²) in [4.78, 5) is 9.70. The Morgan fingerprint density at radius 3 is 2.50 bits per heavy atom. The van der Waals surface area contributed by atoms with Gasteiger partial charge in [0.1, 0.15) is 11.1 Å². The van der Waals surface area contributed by atoms with Crippen molar-refractivity contribution in [3.8, 4) is 11.3 Å². The summed E-state index contributed by atoms with van der Waals surface area (Å²) in [6.07, 6.45) is 1.97. The Labute approximate surface area is 180 Å². The van der Waals surface area contributed by atoms with E-state index in [1.165, 1.54) is 15.8 Å². The molecule has 3 nitrogen and oxygen atoms in total. The molecular formula is C26H26N2OS. The molecule has 0 aliphatic heterocycles. The van der Waals surface area contributed by atoms with E-state index in [-0.39, 0.29) is 5.41 Å². The van der Waals surface area contributed by atoms with Gasteiger partial charge >= 0.3 is 0 Å². The van der Waals surface area contributed by atoms with Crippen molar-refractivity contribution in [2.75, 3.05) is 0 Å². The van der Waals surface area contributed by atoms with Crippen molar-refractivity contribution in [3.05, 3.63) is 58.7 Å². The molecule has 0 atom stereocenters. The number of aryl methyl sites for hydroxylation is 1. The minimum Gasteiger partial charge on any atom is -0.453 e. The third-order valence-electron chi connectivity index (χ3n) is 5.71. The number of fused-ring (bicyclic) bond motifs is 5. The van der Waals surface area contributed by atoms with E-state index in [0.717, 1.165) is 43.7 Å². The highest BCUT2D eigenvalue weighted by atomic mass is 32.1. The van der Waals surface area contributed by atoms with E-state index >= 15 is 0 Å². The van der Waals surface area contributed by atoms with Gasteiger partial charge in [0.15, 0.2) is 5.58 Å². The van der Waals surface area contributed by atoms with E-state index in [4.69, 9.17) is 14.4 Å². The third kappa shape index (κ3) is 2.93. The number of pyridine rings is 1. The van der Waals surface area contributed by atoms with Crippen molar-refractivity contribution in [2.45, 2.75) is 52.9 Å². The molecule has 5 rings (SSSR count). The van der Waals surface area contributed by atoms with Crippen LogP contribution in [0.1, 0.15) is 56.7 Å². The normalized spacial score (nSPS) is 12.6. The van der Waals surface area contributed by atoms with E-state index in [2.05, 4.69) is 77.9 Å². The van der Waals surface area contributed by atoms with Crippen molar-refractivity contribution in [2.24, 2.45) is 0 Å². The fraction of sp³-hybridized carbons (Fsp3) is 0.308. The van der Waals surface area contributed by atoms with Gasteiger partial charge in [-0.15, -0.1) is 11.3 Å². The predicted molar refractivity (Wildman–Crippen MR) is 128 cm³/mol. The van der Waals surface area contributed by atoms with Crippen LogP contribution in [0.25, 0.3) is 43.4 Å². The van der Waals surface area contributed by atoms with Gasteiger partial charge < -0.3 is 4.42 Å². The van der Waals surface area contributed by atoms with Crippen LogP contribution in [0.2, 0.25) is 0 Å². The first kappa shape index (κ1) is 19.3. The van der Waals surface area contributed by atoms with Crippen LogP contribution in [0, 0.1) is 6.92 Å². The monoisotopic (exact) mass is 414 g/mol. The number of aromatic nitrogens is 2. The van der Waals surface area contributed by atoms with Gasteiger partial charge in [0.2, 0.25) is 0 Å². The average Bonchev–Trinajstić information content (AvgIpc) is 3.29. The van der Waals surface area contributed by atoms with Crippen LogP contribution in [0.15, 0.2) is 47.0 Å². The van der Waals surface area contributed by atoms with Crippen LogP contribution in [0.4, 0.5) is 0 Å². The Morgan fingerprint density at radius 1 is 1.00 bits per heavy atom. The third-order valence-corrected chi connectivity index (χ3v) is 7.15. The van der Waals surface area contributed by atoms with E-state index in [1.807, 2.05) is 6.20 Å². The topological polar surface area (TPSA) is 38.9 Å². The molecular weight excluding hydrogens is 388 g/mol. The number of hydrogen-bond acceptors (Lipinski definition) is 4. The van der Waals surface area contributed by atoms with Gasteiger partial charge in [-0.1, -0.05) is 46.8 Å². The lowest BCUT2D eigenvalue weighted by Crippen LogP contribution is -2.09. The number of hydrogen-bond donors (Lipinski definition) is 0. The maximum atomic E-state index is 6.51. The minimum atomic E-state index is 0.0201. The number of nitrogens with zero attached hydrogens (tertiary/aromatic N) is 2. The number of rotatable bonds is 2. The summed E-state index contributed by atoms with van der Waals surface area (Å²) < 4.78 is 7.68. The SMILES string of the molecule is Cc1cnc(-c2cccc3c2oc2c3ccc3sc(C(C)(C)C)nc32)cc1C(C)C. The van der Waals surface area contributed by atoms with Gasteiger partial charge in [-0.05, 0) is 48.2 Å². The maximum Gasteiger partial charge on any atom is 0.162 e. The first-order valence-electron chi connectivity index (χ1n) is 10.5. The Kier molecular flexibility index (Phi) is 4.26. The molecule has 0 bridgehead atoms. The predicted octanol–water partition coefficient (Wildman–Crippen LogP) is 7.99. The van der Waals surface area contributed by atoms with E-state index in [0.29, 0.717) is 5.92 Å². The Morgan fingerprint density at radius 2 is 1.77 bits per heavy atom. The van der Waals surface area contributed by atoms with Crippen LogP contribution < -0.4 is 0 Å². The largest absolute Gasteiger partial charge is 0.453 e. The Balaban J connectivity index is 1.80. The first-order valence-corrected chi connectivity index (χ1v) is 11.3. The lowest BCUT2D eigenvalue weighted by Gasteiger charge is -2.13. The van der Waals surface area contributed by atoms with Gasteiger partial charge in [0.05, 0.1) is 15.4 Å². The standard InChI is InChI=1S/C26H26N2OS/c1-14(2)19-12-20(27-13-15(19)3)18-9-7-8-16-17-10-11-21-22(24(17)29-23(16)18)28-25(30-21)26(4,5)6/h7-14H,1-6H3. The highest BCUT2D eigenvalue weighted by Crippen LogP contribution is 2.41. The average molecular weight is 415 g/mol. The number of para-hydroxylation sites is 1. The Hall–Kier alpha value is -2.72. The van der Waals surface area contributed by atoms with Gasteiger partial charge in [-0.3, -0.25) is 4.98 Å². The molecule has 2 aromatic carbocycles. The molecule has 30 heavy (non-hydrogen) atoms. The quantitative estimate of drug-likeness (QED) is 0.294. The second kappa shape index (κ2) is 6.64. The number of furan rings is 1. The lowest BCUT2D eigenvalue weighted by atomic mass is 9.97. The molecule has 4 heteroatoms. The van der Waals surface area contributed by atoms with Gasteiger partial charge in [0, 0.05) is 27.9 Å². The molecule has 0 spiro atoms. The molecule has 0 fully saturated rings. The molecule has 0 unspecified atom stereocenters. The van der Waals surface area contributed by atoms with Crippen LogP contribution in [-0.4, -0.2) is 9.97 Å². The van der Waals surface area contributed by atoms with Gasteiger partial charge in [0.25, 0.3) is 0 Å². The molecule has 0 amide bonds. The molecule has 0 N–H and O–H groups in total. The van der Waals surface area contributed by atoms with Crippen molar-refractivity contribution in [3.63, 3.8) is 0 Å². The lowest BCUT2D eigenvalue weighted by molar-refractivity contribution is 0.586. The van der Waals surface area contributed by atoms with Crippen molar-refractivity contribution in [1.29, 1.82) is 0 Å². The zero-order valence-corrected chi connectivity index (χ0v) is 19.1. The van der Waals surface area contributed by atoms with Crippen molar-refractivity contribution < 1.29 is 4.42 Å². The fourth-order valence-corrected chi connectivity index (χ4v) is 5.10. The summed E-state index contributed by atoms with van der Waals surface area (Å²) in [5.41, 5.74) is 7.28. The minimum absolute atomic E-state index is 0.0201. The number of benzene rings is 2. The molecule has 0 saturated carbocycles. The second-order valence-electron chi connectivity index (χ2n) is 9.42. The van der Waals surface area contributed by atoms with Crippen LogP contribution in [-0.2, 0) is 5.41 Å². The highest BCUT2D eigenvalue weighted by molar-refractivity contribution is 7.18. The van der Waals surface area contributed by atoms with E-state index in [1.54, 1.807) is 11.3 Å². The summed E-state index contributed by atoms with van der Waals surface area (Å²) in [7, 11) is 0. The van der Waals surface area contributed by atoms with Crippen LogP contribution in [0.3, 0.4) is 0 Å². The molecule has 0 aliphatic carbocycles. The van der Waals surface area contributed by atoms with Crippen molar-refractivity contribution in [1.82, 2.24) is 9.97 Å². The van der Waals surface area contributed by atoms with Crippen molar-refractivity contribution >= 4 is 43.5 Å². The first-order chi connectivity index (χ1) is 14.2. The van der Waals surface area contributed by atoms with Gasteiger partial charge in [-0.25, -0.2) is 4.98 Å². The second-order valence-corrected chi connectivity index (χ2v) is 10.5. The Bertz CT molecular complexity index is 1420. The van der Waals surface area contributed by atoms with Gasteiger partial charge in [-0.2, -0.15) is 0 Å². The summed E-state index contributed by atoms with van der Waals surface area (Å²) in [5, 5.41) is 3.36. The summed E-state index contributed by atoms with van der Waals surface area (Å²) >= 11 is 1.75. The highest BCUT2D eigenvalue weighted by Gasteiger charge is 2.22. The molecule has 5 aromatic rings. The molecule has 0 saturated heterocycles. The molecule has 3 heterocycles. The molecule has 3 aromatic heterocycles. The van der Waals surface area contributed by atoms with Crippen LogP contribution >= 0.6 is 11.3 Å².